The molecule has 384 valence electrons. The third kappa shape index (κ3) is 15.3. The van der Waals surface area contributed by atoms with Crippen LogP contribution in [0.15, 0.2) is 84.9 Å². The van der Waals surface area contributed by atoms with E-state index < -0.39 is 35.8 Å². The largest absolute Gasteiger partial charge is 0.573 e. The number of carbonyl (C=O) groups excluding carboxylic acids is 3. The first-order chi connectivity index (χ1) is 33.9. The van der Waals surface area contributed by atoms with Crippen LogP contribution in [0.25, 0.3) is 0 Å². The van der Waals surface area contributed by atoms with Crippen molar-refractivity contribution >= 4 is 40.9 Å². The van der Waals surface area contributed by atoms with Crippen LogP contribution in [0.2, 0.25) is 10.0 Å². The summed E-state index contributed by atoms with van der Waals surface area (Å²) in [5.74, 6) is 0.379. The average Bonchev–Trinajstić information content (AvgIpc) is 3.61. The van der Waals surface area contributed by atoms with Gasteiger partial charge in [0.2, 0.25) is 11.8 Å². The van der Waals surface area contributed by atoms with E-state index in [0.717, 1.165) is 92.4 Å². The SMILES string of the molecule is CC[N+]1(CC2CCCCCC2)CCC(NC(=O)C2c3cc(Cl)ccc3Oc3ccc(Cl)cc32)CC1.O=C(CNC(=O)c1cccc(C(F)(F)F)c1)N[C@H]1CCCC[C@H]1CCc1ccc(OC(F)(F)F)cc1. The normalized spacial score (nSPS) is 21.7. The fraction of sp³-hybridized carbons (Fsp3) is 0.500. The van der Waals surface area contributed by atoms with Gasteiger partial charge >= 0.3 is 12.5 Å². The summed E-state index contributed by atoms with van der Waals surface area (Å²) >= 11 is 12.6. The molecular weight excluding hydrogens is 970 g/mol. The minimum absolute atomic E-state index is 0.00519. The molecule has 17 heteroatoms. The van der Waals surface area contributed by atoms with Crippen molar-refractivity contribution in [2.45, 2.75) is 127 Å². The number of benzene rings is 4. The molecule has 8 rings (SSSR count). The van der Waals surface area contributed by atoms with Crippen LogP contribution >= 0.6 is 23.2 Å². The maximum absolute atomic E-state index is 13.7. The monoisotopic (exact) mass is 1030 g/mol. The van der Waals surface area contributed by atoms with E-state index in [1.807, 2.05) is 24.3 Å². The Morgan fingerprint density at radius 2 is 1.35 bits per heavy atom. The van der Waals surface area contributed by atoms with Crippen LogP contribution < -0.4 is 25.4 Å². The molecule has 2 aliphatic carbocycles. The topological polar surface area (TPSA) is 106 Å². The van der Waals surface area contributed by atoms with Crippen LogP contribution in [0.3, 0.4) is 0 Å². The molecule has 2 aliphatic heterocycles. The molecule has 0 bridgehead atoms. The van der Waals surface area contributed by atoms with Crippen molar-refractivity contribution in [1.29, 1.82) is 0 Å². The second-order valence-corrected chi connectivity index (χ2v) is 20.4. The number of ether oxygens (including phenoxy) is 2. The molecule has 4 aromatic rings. The number of nitrogens with zero attached hydrogens (tertiary/aromatic N) is 1. The Bertz CT molecular complexity index is 2390. The van der Waals surface area contributed by atoms with Crippen molar-refractivity contribution in [3.05, 3.63) is 123 Å². The number of nitrogens with one attached hydrogen (secondary N) is 3. The minimum atomic E-state index is -4.75. The highest BCUT2D eigenvalue weighted by atomic mass is 35.5. The molecule has 0 spiro atoms. The molecule has 1 saturated heterocycles. The number of carbonyl (C=O) groups is 3. The Morgan fingerprint density at radius 3 is 1.96 bits per heavy atom. The zero-order valence-corrected chi connectivity index (χ0v) is 41.4. The number of hydrogen-bond acceptors (Lipinski definition) is 5. The van der Waals surface area contributed by atoms with E-state index in [-0.39, 0.29) is 41.8 Å². The van der Waals surface area contributed by atoms with Crippen LogP contribution in [-0.2, 0) is 22.2 Å². The molecular formula is C54H63Cl2F6N4O5+. The van der Waals surface area contributed by atoms with Gasteiger partial charge < -0.3 is 29.9 Å². The predicted octanol–water partition coefficient (Wildman–Crippen LogP) is 13.0. The number of piperidine rings is 1. The predicted molar refractivity (Wildman–Crippen MR) is 262 cm³/mol. The second-order valence-electron chi connectivity index (χ2n) is 19.5. The van der Waals surface area contributed by atoms with Gasteiger partial charge in [-0.3, -0.25) is 14.4 Å². The van der Waals surface area contributed by atoms with E-state index in [4.69, 9.17) is 27.9 Å². The number of quaternary nitrogens is 1. The van der Waals surface area contributed by atoms with E-state index in [1.54, 1.807) is 24.3 Å². The van der Waals surface area contributed by atoms with Gasteiger partial charge in [0.05, 0.1) is 44.2 Å². The van der Waals surface area contributed by atoms with Gasteiger partial charge in [0, 0.05) is 57.6 Å². The van der Waals surface area contributed by atoms with E-state index in [0.29, 0.717) is 34.4 Å². The highest BCUT2D eigenvalue weighted by molar-refractivity contribution is 6.31. The third-order valence-electron chi connectivity index (χ3n) is 14.7. The fourth-order valence-electron chi connectivity index (χ4n) is 10.8. The van der Waals surface area contributed by atoms with E-state index in [2.05, 4.69) is 27.6 Å². The first kappa shape index (κ1) is 53.8. The summed E-state index contributed by atoms with van der Waals surface area (Å²) in [6.07, 6.45) is 5.97. The number of amides is 3. The smallest absolute Gasteiger partial charge is 0.457 e. The van der Waals surface area contributed by atoms with E-state index in [9.17, 15) is 40.7 Å². The molecule has 3 N–H and O–H groups in total. The van der Waals surface area contributed by atoms with Crippen molar-refractivity contribution < 1.29 is 54.7 Å². The molecule has 0 unspecified atom stereocenters. The lowest BCUT2D eigenvalue weighted by molar-refractivity contribution is -0.934. The second kappa shape index (κ2) is 24.2. The van der Waals surface area contributed by atoms with E-state index in [1.165, 1.54) is 74.3 Å². The molecule has 0 aromatic heterocycles. The van der Waals surface area contributed by atoms with Gasteiger partial charge in [-0.1, -0.05) is 79.9 Å². The number of rotatable bonds is 13. The minimum Gasteiger partial charge on any atom is -0.457 e. The summed E-state index contributed by atoms with van der Waals surface area (Å²) < 4.78 is 86.6. The molecule has 2 saturated carbocycles. The van der Waals surface area contributed by atoms with Crippen LogP contribution in [0.5, 0.6) is 17.2 Å². The number of halogens is 8. The highest BCUT2D eigenvalue weighted by Gasteiger charge is 2.39. The van der Waals surface area contributed by atoms with Gasteiger partial charge in [-0.05, 0) is 124 Å². The first-order valence-electron chi connectivity index (χ1n) is 24.9. The molecule has 3 fully saturated rings. The Balaban J connectivity index is 0.000000209. The van der Waals surface area contributed by atoms with Crippen LogP contribution in [-0.4, -0.2) is 73.4 Å². The summed E-state index contributed by atoms with van der Waals surface area (Å²) in [5.41, 5.74) is 1.29. The lowest BCUT2D eigenvalue weighted by Gasteiger charge is -2.45. The Kier molecular flexibility index (Phi) is 18.3. The molecule has 0 radical (unpaired) electrons. The number of aryl methyl sites for hydroxylation is 1. The van der Waals surface area contributed by atoms with Crippen molar-refractivity contribution in [1.82, 2.24) is 16.0 Å². The van der Waals surface area contributed by atoms with Gasteiger partial charge in [0.25, 0.3) is 5.91 Å². The summed E-state index contributed by atoms with van der Waals surface area (Å²) in [6, 6.07) is 20.6. The zero-order chi connectivity index (χ0) is 50.8. The summed E-state index contributed by atoms with van der Waals surface area (Å²) in [7, 11) is 0. The van der Waals surface area contributed by atoms with E-state index >= 15 is 0 Å². The summed E-state index contributed by atoms with van der Waals surface area (Å²) in [4.78, 5) is 38.4. The highest BCUT2D eigenvalue weighted by Crippen LogP contribution is 2.46. The van der Waals surface area contributed by atoms with Gasteiger partial charge in [-0.15, -0.1) is 13.2 Å². The maximum Gasteiger partial charge on any atom is 0.573 e. The Hall–Kier alpha value is -4.99. The molecule has 2 heterocycles. The Morgan fingerprint density at radius 1 is 0.732 bits per heavy atom. The van der Waals surface area contributed by atoms with Crippen molar-refractivity contribution in [3.63, 3.8) is 0 Å². The third-order valence-corrected chi connectivity index (χ3v) is 15.1. The molecule has 4 aromatic carbocycles. The molecule has 3 amide bonds. The number of hydrogen-bond donors (Lipinski definition) is 3. The van der Waals surface area contributed by atoms with Gasteiger partial charge in [0.1, 0.15) is 17.2 Å². The zero-order valence-electron chi connectivity index (χ0n) is 39.9. The molecule has 9 nitrogen and oxygen atoms in total. The van der Waals surface area contributed by atoms with Crippen LogP contribution in [0.1, 0.15) is 129 Å². The fourth-order valence-corrected chi connectivity index (χ4v) is 11.2. The van der Waals surface area contributed by atoms with Crippen molar-refractivity contribution in [3.8, 4) is 17.2 Å². The van der Waals surface area contributed by atoms with Crippen LogP contribution in [0, 0.1) is 11.8 Å². The number of likely N-dealkylation sites (tertiary alicyclic amines) is 1. The lowest BCUT2D eigenvalue weighted by Crippen LogP contribution is -2.58. The number of alkyl halides is 6. The standard InChI is InChI=1S/C29H36Cl2N2O2.C25H26F6N2O3/c1-2-33(19-20-7-5-3-4-6-8-20)15-13-23(14-16-33)32-29(34)28-24-17-21(30)9-11-26(24)35-27-12-10-22(31)18-25(27)28;26-24(27,28)19-6-3-5-18(14-19)23(35)32-15-22(34)33-21-7-2-1-4-17(21)11-8-16-9-12-20(13-10-16)36-25(29,30)31/h9-12,17-18,20,23,28H,2-8,13-16,19H2,1H3;3,5-6,9-10,12-14,17,21H,1-2,4,7-8,11,15H2,(H,32,35)(H,33,34)/p+1/t;17-,21-/m.0/s1. The lowest BCUT2D eigenvalue weighted by atomic mass is 9.81. The molecule has 71 heavy (non-hydrogen) atoms. The first-order valence-corrected chi connectivity index (χ1v) is 25.6. The Labute approximate surface area is 421 Å². The average molecular weight is 1030 g/mol. The molecule has 2 atom stereocenters. The number of fused-ring (bicyclic) bond motifs is 2. The van der Waals surface area contributed by atoms with Crippen molar-refractivity contribution in [2.24, 2.45) is 11.8 Å². The maximum atomic E-state index is 13.7. The van der Waals surface area contributed by atoms with Gasteiger partial charge in [-0.25, -0.2) is 0 Å². The summed E-state index contributed by atoms with van der Waals surface area (Å²) in [5, 5.41) is 9.84. The van der Waals surface area contributed by atoms with Gasteiger partial charge in [-0.2, -0.15) is 13.2 Å². The summed E-state index contributed by atoms with van der Waals surface area (Å²) in [6.45, 7) is 6.77. The van der Waals surface area contributed by atoms with Crippen LogP contribution in [0.4, 0.5) is 26.3 Å². The van der Waals surface area contributed by atoms with Gasteiger partial charge in [0.15, 0.2) is 0 Å². The van der Waals surface area contributed by atoms with Crippen molar-refractivity contribution in [2.75, 3.05) is 32.7 Å². The quantitative estimate of drug-likeness (QED) is 0.0703. The molecule has 4 aliphatic rings.